The van der Waals surface area contributed by atoms with Crippen molar-refractivity contribution in [1.82, 2.24) is 14.7 Å². The van der Waals surface area contributed by atoms with Gasteiger partial charge in [0.25, 0.3) is 5.91 Å². The van der Waals surface area contributed by atoms with Gasteiger partial charge in [0.1, 0.15) is 5.60 Å². The lowest BCUT2D eigenvalue weighted by Gasteiger charge is -2.19. The zero-order valence-corrected chi connectivity index (χ0v) is 17.3. The topological polar surface area (TPSA) is 101 Å². The summed E-state index contributed by atoms with van der Waals surface area (Å²) >= 11 is 6.26. The average molecular weight is 425 g/mol. The number of hydrogen-bond donors (Lipinski definition) is 2. The molecule has 0 bridgehead atoms. The number of carbonyl (C=O) groups is 2. The molecule has 2 aromatic carbocycles. The first kappa shape index (κ1) is 21.4. The van der Waals surface area contributed by atoms with E-state index in [0.29, 0.717) is 46.6 Å². The number of benzene rings is 2. The first-order chi connectivity index (χ1) is 14.2. The molecule has 0 fully saturated rings. The van der Waals surface area contributed by atoms with Crippen molar-refractivity contribution in [2.75, 3.05) is 13.6 Å². The summed E-state index contributed by atoms with van der Waals surface area (Å²) in [5.41, 5.74) is 6.28. The van der Waals surface area contributed by atoms with Crippen molar-refractivity contribution < 1.29 is 14.7 Å². The van der Waals surface area contributed by atoms with E-state index < -0.39 is 11.5 Å². The molecule has 8 heteroatoms. The Labute approximate surface area is 179 Å². The molecule has 1 atom stereocenters. The van der Waals surface area contributed by atoms with Gasteiger partial charge in [0.15, 0.2) is 5.69 Å². The van der Waals surface area contributed by atoms with Crippen molar-refractivity contribution in [2.45, 2.75) is 18.9 Å². The molecule has 0 spiro atoms. The number of hydrogen-bond acceptors (Lipinski definition) is 4. The Bertz CT molecular complexity index is 1170. The number of nitrogens with zero attached hydrogens (tertiary/aromatic N) is 3. The van der Waals surface area contributed by atoms with Crippen LogP contribution in [-0.2, 0) is 4.79 Å². The SMILES string of the molecule is CN(C=O)CCC(C)(O)C#Cc1cccc(-n2nc(C(N)=O)c3c(Cl)cccc32)c1. The van der Waals surface area contributed by atoms with Gasteiger partial charge < -0.3 is 15.7 Å². The molecule has 0 saturated carbocycles. The molecule has 1 heterocycles. The molecular formula is C22H21ClN4O3. The fraction of sp³-hybridized carbons (Fsp3) is 0.227. The Kier molecular flexibility index (Phi) is 6.11. The lowest BCUT2D eigenvalue weighted by atomic mass is 10.0. The molecule has 1 unspecified atom stereocenters. The zero-order chi connectivity index (χ0) is 21.9. The van der Waals surface area contributed by atoms with Crippen LogP contribution in [0.2, 0.25) is 5.02 Å². The summed E-state index contributed by atoms with van der Waals surface area (Å²) in [6.45, 7) is 1.99. The van der Waals surface area contributed by atoms with Crippen LogP contribution in [0.3, 0.4) is 0 Å². The fourth-order valence-electron chi connectivity index (χ4n) is 2.93. The minimum absolute atomic E-state index is 0.0920. The smallest absolute Gasteiger partial charge is 0.269 e. The lowest BCUT2D eigenvalue weighted by molar-refractivity contribution is -0.117. The number of halogens is 1. The van der Waals surface area contributed by atoms with Crippen molar-refractivity contribution in [2.24, 2.45) is 5.73 Å². The average Bonchev–Trinajstić information content (AvgIpc) is 3.12. The Hall–Kier alpha value is -3.34. The molecule has 2 amide bonds. The van der Waals surface area contributed by atoms with Gasteiger partial charge in [-0.2, -0.15) is 5.10 Å². The molecule has 0 radical (unpaired) electrons. The maximum atomic E-state index is 11.8. The van der Waals surface area contributed by atoms with Gasteiger partial charge in [0, 0.05) is 25.6 Å². The van der Waals surface area contributed by atoms with Crippen molar-refractivity contribution in [1.29, 1.82) is 0 Å². The monoisotopic (exact) mass is 424 g/mol. The first-order valence-corrected chi connectivity index (χ1v) is 9.58. The molecule has 0 aliphatic heterocycles. The van der Waals surface area contributed by atoms with Gasteiger partial charge in [0.2, 0.25) is 6.41 Å². The second-order valence-corrected chi connectivity index (χ2v) is 7.58. The Morgan fingerprint density at radius 3 is 2.80 bits per heavy atom. The van der Waals surface area contributed by atoms with Crippen LogP contribution in [0.15, 0.2) is 42.5 Å². The van der Waals surface area contributed by atoms with E-state index in [0.717, 1.165) is 0 Å². The van der Waals surface area contributed by atoms with Crippen LogP contribution in [0.25, 0.3) is 16.6 Å². The first-order valence-electron chi connectivity index (χ1n) is 9.20. The minimum Gasteiger partial charge on any atom is -0.378 e. The van der Waals surface area contributed by atoms with Crippen molar-refractivity contribution in [3.8, 4) is 17.5 Å². The second kappa shape index (κ2) is 8.57. The highest BCUT2D eigenvalue weighted by molar-refractivity contribution is 6.36. The van der Waals surface area contributed by atoms with Gasteiger partial charge in [-0.3, -0.25) is 9.59 Å². The Morgan fingerprint density at radius 2 is 2.10 bits per heavy atom. The molecule has 154 valence electrons. The van der Waals surface area contributed by atoms with Crippen LogP contribution in [-0.4, -0.2) is 51.3 Å². The summed E-state index contributed by atoms with van der Waals surface area (Å²) in [6.07, 6.45) is 1.02. The van der Waals surface area contributed by atoms with E-state index in [1.807, 2.05) is 6.07 Å². The molecule has 3 aromatic rings. The fourth-order valence-corrected chi connectivity index (χ4v) is 3.19. The number of primary amides is 1. The summed E-state index contributed by atoms with van der Waals surface area (Å²) in [5.74, 6) is 5.13. The van der Waals surface area contributed by atoms with E-state index in [9.17, 15) is 14.7 Å². The van der Waals surface area contributed by atoms with Crippen molar-refractivity contribution in [3.05, 3.63) is 58.7 Å². The molecule has 0 saturated heterocycles. The number of nitrogens with two attached hydrogens (primary N) is 1. The van der Waals surface area contributed by atoms with Gasteiger partial charge in [0.05, 0.1) is 21.6 Å². The molecule has 3 rings (SSSR count). The number of aliphatic hydroxyl groups is 1. The van der Waals surface area contributed by atoms with E-state index in [4.69, 9.17) is 17.3 Å². The summed E-state index contributed by atoms with van der Waals surface area (Å²) in [7, 11) is 1.64. The standard InChI is InChI=1S/C22H21ClN4O3/c1-22(30,11-12-26(2)14-28)10-9-15-5-3-6-16(13-15)27-18-8-4-7-17(23)19(18)20(25-27)21(24)29/h3-8,13-14,30H,11-12H2,1-2H3,(H2,24,29). The van der Waals surface area contributed by atoms with Crippen LogP contribution < -0.4 is 5.73 Å². The number of rotatable bonds is 6. The summed E-state index contributed by atoms with van der Waals surface area (Å²) < 4.78 is 1.59. The van der Waals surface area contributed by atoms with Gasteiger partial charge in [-0.1, -0.05) is 35.6 Å². The molecule has 3 N–H and O–H groups in total. The molecule has 30 heavy (non-hydrogen) atoms. The van der Waals surface area contributed by atoms with Crippen LogP contribution in [0.4, 0.5) is 0 Å². The number of aromatic nitrogens is 2. The van der Waals surface area contributed by atoms with E-state index in [1.165, 1.54) is 4.90 Å². The molecule has 1 aromatic heterocycles. The highest BCUT2D eigenvalue weighted by Gasteiger charge is 2.19. The Balaban J connectivity index is 1.97. The zero-order valence-electron chi connectivity index (χ0n) is 16.6. The van der Waals surface area contributed by atoms with E-state index in [1.54, 1.807) is 55.1 Å². The highest BCUT2D eigenvalue weighted by Crippen LogP contribution is 2.28. The summed E-state index contributed by atoms with van der Waals surface area (Å²) in [6, 6.07) is 12.5. The predicted octanol–water partition coefficient (Wildman–Crippen LogP) is 2.36. The molecule has 7 nitrogen and oxygen atoms in total. The van der Waals surface area contributed by atoms with E-state index in [-0.39, 0.29) is 5.69 Å². The minimum atomic E-state index is -1.25. The van der Waals surface area contributed by atoms with Gasteiger partial charge in [-0.15, -0.1) is 0 Å². The van der Waals surface area contributed by atoms with E-state index >= 15 is 0 Å². The van der Waals surface area contributed by atoms with Crippen LogP contribution in [0.5, 0.6) is 0 Å². The molecular weight excluding hydrogens is 404 g/mol. The lowest BCUT2D eigenvalue weighted by Crippen LogP contribution is -2.29. The number of fused-ring (bicyclic) bond motifs is 1. The van der Waals surface area contributed by atoms with E-state index in [2.05, 4.69) is 16.9 Å². The number of carbonyl (C=O) groups excluding carboxylic acids is 2. The molecule has 0 aliphatic rings. The third-order valence-corrected chi connectivity index (χ3v) is 4.90. The maximum absolute atomic E-state index is 11.8. The largest absolute Gasteiger partial charge is 0.378 e. The van der Waals surface area contributed by atoms with Gasteiger partial charge in [-0.25, -0.2) is 4.68 Å². The summed E-state index contributed by atoms with van der Waals surface area (Å²) in [4.78, 5) is 24.0. The normalized spacial score (nSPS) is 12.7. The quantitative estimate of drug-likeness (QED) is 0.468. The van der Waals surface area contributed by atoms with Crippen molar-refractivity contribution >= 4 is 34.8 Å². The van der Waals surface area contributed by atoms with Crippen LogP contribution >= 0.6 is 11.6 Å². The van der Waals surface area contributed by atoms with Gasteiger partial charge in [-0.05, 0) is 37.3 Å². The third-order valence-electron chi connectivity index (χ3n) is 4.59. The van der Waals surface area contributed by atoms with Crippen LogP contribution in [0.1, 0.15) is 29.4 Å². The number of amides is 2. The second-order valence-electron chi connectivity index (χ2n) is 7.17. The highest BCUT2D eigenvalue weighted by atomic mass is 35.5. The Morgan fingerprint density at radius 1 is 1.37 bits per heavy atom. The summed E-state index contributed by atoms with van der Waals surface area (Å²) in [5, 5.41) is 15.7. The third kappa shape index (κ3) is 4.62. The van der Waals surface area contributed by atoms with Gasteiger partial charge >= 0.3 is 0 Å². The van der Waals surface area contributed by atoms with Crippen molar-refractivity contribution in [3.63, 3.8) is 0 Å². The molecule has 0 aliphatic carbocycles. The van der Waals surface area contributed by atoms with Crippen LogP contribution in [0, 0.1) is 11.8 Å². The predicted molar refractivity (Wildman–Crippen MR) is 115 cm³/mol. The maximum Gasteiger partial charge on any atom is 0.269 e.